The lowest BCUT2D eigenvalue weighted by atomic mass is 9.72. The Labute approximate surface area is 138 Å². The average molecular weight is 324 g/mol. The Morgan fingerprint density at radius 1 is 1.26 bits per heavy atom. The number of carbonyl (C=O) groups excluding carboxylic acids is 2. The molecule has 3 heterocycles. The molecule has 0 aromatic rings. The van der Waals surface area contributed by atoms with Crippen molar-refractivity contribution in [3.63, 3.8) is 0 Å². The van der Waals surface area contributed by atoms with Gasteiger partial charge in [0.05, 0.1) is 5.54 Å². The molecule has 3 fully saturated rings. The molecule has 0 radical (unpaired) electrons. The smallest absolute Gasteiger partial charge is 0.254 e. The van der Waals surface area contributed by atoms with Gasteiger partial charge in [-0.3, -0.25) is 9.59 Å². The van der Waals surface area contributed by atoms with Crippen LogP contribution in [0.5, 0.6) is 0 Å². The van der Waals surface area contributed by atoms with Crippen molar-refractivity contribution in [3.05, 3.63) is 0 Å². The van der Waals surface area contributed by atoms with E-state index < -0.39 is 0 Å². The summed E-state index contributed by atoms with van der Waals surface area (Å²) in [6.07, 6.45) is 3.11. The van der Waals surface area contributed by atoms with Crippen LogP contribution < -0.4 is 0 Å². The minimum Gasteiger partial charge on any atom is -0.381 e. The summed E-state index contributed by atoms with van der Waals surface area (Å²) in [5.41, 5.74) is -0.182. The van der Waals surface area contributed by atoms with Gasteiger partial charge in [-0.05, 0) is 25.7 Å². The number of nitrogens with zero attached hydrogens (tertiary/aromatic N) is 2. The summed E-state index contributed by atoms with van der Waals surface area (Å²) in [5.74, 6) is 0.369. The van der Waals surface area contributed by atoms with E-state index in [2.05, 4.69) is 4.90 Å². The van der Waals surface area contributed by atoms with E-state index in [-0.39, 0.29) is 35.4 Å². The number of hydrogen-bond donors (Lipinski definition) is 0. The van der Waals surface area contributed by atoms with Gasteiger partial charge in [-0.1, -0.05) is 13.8 Å². The Morgan fingerprint density at radius 3 is 2.39 bits per heavy atom. The molecule has 0 aromatic carbocycles. The molecule has 0 N–H and O–H groups in total. The molecule has 0 aromatic heterocycles. The van der Waals surface area contributed by atoms with Crippen LogP contribution in [0.2, 0.25) is 0 Å². The lowest BCUT2D eigenvalue weighted by Crippen LogP contribution is -2.79. The molecule has 6 heteroatoms. The Balaban J connectivity index is 1.67. The fourth-order valence-corrected chi connectivity index (χ4v) is 4.44. The van der Waals surface area contributed by atoms with Crippen molar-refractivity contribution in [2.45, 2.75) is 57.2 Å². The van der Waals surface area contributed by atoms with Crippen LogP contribution in [0.15, 0.2) is 0 Å². The van der Waals surface area contributed by atoms with Gasteiger partial charge in [0, 0.05) is 45.4 Å². The quantitative estimate of drug-likeness (QED) is 0.728. The number of piperidine rings is 1. The molecule has 0 aliphatic carbocycles. The van der Waals surface area contributed by atoms with E-state index in [0.717, 1.165) is 38.8 Å². The van der Waals surface area contributed by atoms with Crippen LogP contribution in [0, 0.1) is 5.92 Å². The molecule has 2 amide bonds. The fourth-order valence-electron chi connectivity index (χ4n) is 4.44. The molecule has 0 bridgehead atoms. The number of amides is 2. The number of rotatable bonds is 3. The highest BCUT2D eigenvalue weighted by Gasteiger charge is 2.62. The first kappa shape index (κ1) is 16.7. The number of β-lactam (4-membered cyclic amide) rings is 1. The SMILES string of the molecule is COC1C(=O)N(C2CCN(C(=O)C(C)C)CC2)C12CCOCC2. The van der Waals surface area contributed by atoms with Crippen molar-refractivity contribution in [1.82, 2.24) is 9.80 Å². The van der Waals surface area contributed by atoms with E-state index in [1.807, 2.05) is 18.7 Å². The van der Waals surface area contributed by atoms with Gasteiger partial charge in [0.15, 0.2) is 6.10 Å². The molecule has 1 atom stereocenters. The molecule has 130 valence electrons. The number of methoxy groups -OCH3 is 1. The number of hydrogen-bond acceptors (Lipinski definition) is 4. The zero-order valence-corrected chi connectivity index (χ0v) is 14.4. The lowest BCUT2D eigenvalue weighted by molar-refractivity contribution is -0.213. The maximum Gasteiger partial charge on any atom is 0.254 e. The predicted octanol–water partition coefficient (Wildman–Crippen LogP) is 1.04. The normalized spacial score (nSPS) is 28.3. The molecule has 23 heavy (non-hydrogen) atoms. The van der Waals surface area contributed by atoms with E-state index in [9.17, 15) is 9.59 Å². The van der Waals surface area contributed by atoms with Crippen LogP contribution in [0.4, 0.5) is 0 Å². The molecule has 1 unspecified atom stereocenters. The van der Waals surface area contributed by atoms with Gasteiger partial charge in [0.1, 0.15) is 0 Å². The van der Waals surface area contributed by atoms with E-state index in [1.54, 1.807) is 7.11 Å². The minimum atomic E-state index is -0.318. The lowest BCUT2D eigenvalue weighted by Gasteiger charge is -2.61. The Hall–Kier alpha value is -1.14. The number of ether oxygens (including phenoxy) is 2. The third kappa shape index (κ3) is 2.66. The average Bonchev–Trinajstić information content (AvgIpc) is 2.56. The highest BCUT2D eigenvalue weighted by atomic mass is 16.5. The first-order valence-electron chi connectivity index (χ1n) is 8.74. The second-order valence-corrected chi connectivity index (χ2v) is 7.25. The van der Waals surface area contributed by atoms with Crippen LogP contribution in [0.3, 0.4) is 0 Å². The highest BCUT2D eigenvalue weighted by Crippen LogP contribution is 2.45. The van der Waals surface area contributed by atoms with Gasteiger partial charge < -0.3 is 19.3 Å². The van der Waals surface area contributed by atoms with Crippen molar-refractivity contribution in [1.29, 1.82) is 0 Å². The fraction of sp³-hybridized carbons (Fsp3) is 0.882. The molecular weight excluding hydrogens is 296 g/mol. The molecule has 0 saturated carbocycles. The van der Waals surface area contributed by atoms with Crippen LogP contribution >= 0.6 is 0 Å². The van der Waals surface area contributed by atoms with Crippen LogP contribution in [-0.4, -0.2) is 72.7 Å². The van der Waals surface area contributed by atoms with Gasteiger partial charge in [-0.2, -0.15) is 0 Å². The van der Waals surface area contributed by atoms with Crippen molar-refractivity contribution >= 4 is 11.8 Å². The largest absolute Gasteiger partial charge is 0.381 e. The number of likely N-dealkylation sites (tertiary alicyclic amines) is 2. The zero-order chi connectivity index (χ0) is 16.6. The van der Waals surface area contributed by atoms with Gasteiger partial charge in [-0.25, -0.2) is 0 Å². The Bertz CT molecular complexity index is 465. The van der Waals surface area contributed by atoms with Crippen molar-refractivity contribution in [2.24, 2.45) is 5.92 Å². The summed E-state index contributed by atoms with van der Waals surface area (Å²) >= 11 is 0. The third-order valence-electron chi connectivity index (χ3n) is 5.66. The maximum absolute atomic E-state index is 12.6. The van der Waals surface area contributed by atoms with Crippen molar-refractivity contribution in [3.8, 4) is 0 Å². The van der Waals surface area contributed by atoms with Gasteiger partial charge in [-0.15, -0.1) is 0 Å². The van der Waals surface area contributed by atoms with E-state index in [0.29, 0.717) is 13.2 Å². The topological polar surface area (TPSA) is 59.1 Å². The monoisotopic (exact) mass is 324 g/mol. The summed E-state index contributed by atoms with van der Waals surface area (Å²) < 4.78 is 11.0. The number of carbonyl (C=O) groups is 2. The minimum absolute atomic E-state index is 0.0388. The van der Waals surface area contributed by atoms with E-state index in [1.165, 1.54) is 0 Å². The molecule has 3 aliphatic heterocycles. The summed E-state index contributed by atoms with van der Waals surface area (Å²) in [6, 6.07) is 0.225. The van der Waals surface area contributed by atoms with Crippen molar-refractivity contribution in [2.75, 3.05) is 33.4 Å². The second kappa shape index (κ2) is 6.40. The third-order valence-corrected chi connectivity index (χ3v) is 5.66. The Morgan fingerprint density at radius 2 is 1.87 bits per heavy atom. The molecule has 1 spiro atoms. The molecule has 3 rings (SSSR count). The Kier molecular flexibility index (Phi) is 4.65. The summed E-state index contributed by atoms with van der Waals surface area (Å²) in [4.78, 5) is 28.7. The predicted molar refractivity (Wildman–Crippen MR) is 84.9 cm³/mol. The summed E-state index contributed by atoms with van der Waals surface area (Å²) in [7, 11) is 1.63. The first-order valence-corrected chi connectivity index (χ1v) is 8.74. The summed E-state index contributed by atoms with van der Waals surface area (Å²) in [6.45, 7) is 6.75. The van der Waals surface area contributed by atoms with Crippen molar-refractivity contribution < 1.29 is 19.1 Å². The van der Waals surface area contributed by atoms with Crippen LogP contribution in [-0.2, 0) is 19.1 Å². The molecular formula is C17H28N2O4. The van der Waals surface area contributed by atoms with Crippen LogP contribution in [0.25, 0.3) is 0 Å². The van der Waals surface area contributed by atoms with Gasteiger partial charge in [0.25, 0.3) is 5.91 Å². The van der Waals surface area contributed by atoms with Gasteiger partial charge >= 0.3 is 0 Å². The zero-order valence-electron chi connectivity index (χ0n) is 14.4. The second-order valence-electron chi connectivity index (χ2n) is 7.25. The van der Waals surface area contributed by atoms with E-state index >= 15 is 0 Å². The molecule has 3 aliphatic rings. The highest BCUT2D eigenvalue weighted by molar-refractivity contribution is 5.91. The maximum atomic E-state index is 12.6. The van der Waals surface area contributed by atoms with E-state index in [4.69, 9.17) is 9.47 Å². The van der Waals surface area contributed by atoms with Crippen LogP contribution in [0.1, 0.15) is 39.5 Å². The molecule has 6 nitrogen and oxygen atoms in total. The van der Waals surface area contributed by atoms with Gasteiger partial charge in [0.2, 0.25) is 5.91 Å². The standard InChI is InChI=1S/C17H28N2O4/c1-12(2)15(20)18-8-4-13(5-9-18)19-16(21)14(22-3)17(19)6-10-23-11-7-17/h12-14H,4-11H2,1-3H3. The molecule has 3 saturated heterocycles. The first-order chi connectivity index (χ1) is 11.0. The summed E-state index contributed by atoms with van der Waals surface area (Å²) in [5, 5.41) is 0.